The Balaban J connectivity index is 2.07. The van der Waals surface area contributed by atoms with Crippen molar-refractivity contribution in [2.24, 2.45) is 0 Å². The molecule has 0 saturated carbocycles. The third-order valence-corrected chi connectivity index (χ3v) is 5.74. The molecule has 0 aromatic heterocycles. The van der Waals surface area contributed by atoms with Crippen LogP contribution in [0.2, 0.25) is 0 Å². The van der Waals surface area contributed by atoms with E-state index in [9.17, 15) is 0 Å². The third-order valence-electron chi connectivity index (χ3n) is 3.26. The maximum atomic E-state index is 2.35. The number of allylic oxidation sites excluding steroid dienone is 6. The Morgan fingerprint density at radius 3 is 1.90 bits per heavy atom. The van der Waals surface area contributed by atoms with Crippen molar-refractivity contribution >= 4 is 18.5 Å². The summed E-state index contributed by atoms with van der Waals surface area (Å²) in [4.78, 5) is 0. The zero-order valence-corrected chi connectivity index (χ0v) is 12.2. The second kappa shape index (κ2) is 6.50. The van der Waals surface area contributed by atoms with Crippen LogP contribution >= 0.6 is 7.92 Å². The molecule has 1 aliphatic rings. The van der Waals surface area contributed by atoms with Gasteiger partial charge in [-0.15, -0.1) is 0 Å². The molecule has 0 fully saturated rings. The lowest BCUT2D eigenvalue weighted by Crippen LogP contribution is -2.12. The molecule has 1 aliphatic carbocycles. The second-order valence-electron chi connectivity index (χ2n) is 4.66. The molecular weight excluding hydrogens is 259 g/mol. The molecule has 1 heteroatoms. The molecule has 0 unspecified atom stereocenters. The molecule has 0 N–H and O–H groups in total. The normalized spacial score (nSPS) is 14.2. The highest BCUT2D eigenvalue weighted by molar-refractivity contribution is 7.77. The summed E-state index contributed by atoms with van der Waals surface area (Å²) >= 11 is 0. The molecule has 0 bridgehead atoms. The highest BCUT2D eigenvalue weighted by atomic mass is 31.1. The average molecular weight is 276 g/mol. The maximum Gasteiger partial charge on any atom is -0.0137 e. The van der Waals surface area contributed by atoms with Crippen molar-refractivity contribution in [3.05, 3.63) is 96.4 Å². The van der Waals surface area contributed by atoms with Crippen molar-refractivity contribution in [3.63, 3.8) is 0 Å². The fraction of sp³-hybridized carbons (Fsp3) is 0.0526. The van der Waals surface area contributed by atoms with Crippen LogP contribution in [-0.4, -0.2) is 0 Å². The lowest BCUT2D eigenvalue weighted by atomic mass is 10.4. The minimum Gasteiger partial charge on any atom is -0.0807 e. The molecule has 0 atom stereocenters. The summed E-state index contributed by atoms with van der Waals surface area (Å²) in [6.45, 7) is 0. The lowest BCUT2D eigenvalue weighted by Gasteiger charge is -2.20. The fourth-order valence-electron chi connectivity index (χ4n) is 2.34. The Hall–Kier alpha value is -1.91. The van der Waals surface area contributed by atoms with Crippen LogP contribution in [0.25, 0.3) is 0 Å². The van der Waals surface area contributed by atoms with E-state index in [1.54, 1.807) is 0 Å². The molecule has 2 aromatic carbocycles. The van der Waals surface area contributed by atoms with Crippen LogP contribution in [0.3, 0.4) is 0 Å². The van der Waals surface area contributed by atoms with Gasteiger partial charge in [0.05, 0.1) is 0 Å². The van der Waals surface area contributed by atoms with Crippen LogP contribution in [0.1, 0.15) is 6.42 Å². The van der Waals surface area contributed by atoms with E-state index in [1.165, 1.54) is 15.9 Å². The predicted molar refractivity (Wildman–Crippen MR) is 90.1 cm³/mol. The zero-order chi connectivity index (χ0) is 13.6. The van der Waals surface area contributed by atoms with Crippen LogP contribution in [0.15, 0.2) is 96.4 Å². The van der Waals surface area contributed by atoms with Gasteiger partial charge in [-0.1, -0.05) is 91.0 Å². The molecule has 0 aliphatic heterocycles. The molecule has 0 amide bonds. The van der Waals surface area contributed by atoms with Crippen molar-refractivity contribution in [2.45, 2.75) is 6.42 Å². The largest absolute Gasteiger partial charge is 0.0807 e. The molecular formula is C19H17P. The first-order valence-electron chi connectivity index (χ1n) is 6.89. The van der Waals surface area contributed by atoms with Gasteiger partial charge in [-0.25, -0.2) is 0 Å². The Morgan fingerprint density at radius 2 is 1.30 bits per heavy atom. The molecule has 98 valence electrons. The van der Waals surface area contributed by atoms with Gasteiger partial charge in [0.25, 0.3) is 0 Å². The van der Waals surface area contributed by atoms with Gasteiger partial charge >= 0.3 is 0 Å². The summed E-state index contributed by atoms with van der Waals surface area (Å²) < 4.78 is 0. The first-order valence-corrected chi connectivity index (χ1v) is 8.23. The highest BCUT2D eigenvalue weighted by Gasteiger charge is 2.16. The van der Waals surface area contributed by atoms with Crippen molar-refractivity contribution in [1.29, 1.82) is 0 Å². The Morgan fingerprint density at radius 1 is 0.700 bits per heavy atom. The van der Waals surface area contributed by atoms with E-state index in [0.717, 1.165) is 6.42 Å². The molecule has 0 nitrogen and oxygen atoms in total. The van der Waals surface area contributed by atoms with Gasteiger partial charge in [-0.05, 0) is 30.3 Å². The summed E-state index contributed by atoms with van der Waals surface area (Å²) in [6.07, 6.45) is 12.1. The second-order valence-corrected chi connectivity index (χ2v) is 6.88. The summed E-state index contributed by atoms with van der Waals surface area (Å²) in [5.74, 6) is 0. The molecule has 0 radical (unpaired) electrons. The topological polar surface area (TPSA) is 0 Å². The van der Waals surface area contributed by atoms with Crippen LogP contribution in [-0.2, 0) is 0 Å². The first-order chi connectivity index (χ1) is 9.95. The SMILES string of the molecule is C1=CCC=C(P(c2ccccc2)c2ccccc2)C=C1. The summed E-state index contributed by atoms with van der Waals surface area (Å²) in [6, 6.07) is 21.7. The van der Waals surface area contributed by atoms with Crippen LogP contribution in [0, 0.1) is 0 Å². The monoisotopic (exact) mass is 276 g/mol. The average Bonchev–Trinajstić information content (AvgIpc) is 2.79. The van der Waals surface area contributed by atoms with Crippen molar-refractivity contribution in [1.82, 2.24) is 0 Å². The van der Waals surface area contributed by atoms with Crippen molar-refractivity contribution < 1.29 is 0 Å². The number of rotatable bonds is 3. The summed E-state index contributed by atoms with van der Waals surface area (Å²) in [5, 5.41) is 4.25. The quantitative estimate of drug-likeness (QED) is 0.723. The third kappa shape index (κ3) is 2.98. The van der Waals surface area contributed by atoms with Crippen LogP contribution in [0.5, 0.6) is 0 Å². The van der Waals surface area contributed by atoms with E-state index < -0.39 is 7.92 Å². The molecule has 0 spiro atoms. The minimum absolute atomic E-state index is 0.452. The van der Waals surface area contributed by atoms with E-state index in [2.05, 4.69) is 91.0 Å². The molecule has 2 aromatic rings. The number of hydrogen-bond donors (Lipinski definition) is 0. The van der Waals surface area contributed by atoms with E-state index in [1.807, 2.05) is 0 Å². The van der Waals surface area contributed by atoms with Crippen LogP contribution < -0.4 is 10.6 Å². The summed E-state index contributed by atoms with van der Waals surface area (Å²) in [7, 11) is -0.452. The zero-order valence-electron chi connectivity index (χ0n) is 11.3. The molecule has 0 saturated heterocycles. The van der Waals surface area contributed by atoms with E-state index in [0.29, 0.717) is 0 Å². The number of benzene rings is 2. The van der Waals surface area contributed by atoms with Gasteiger partial charge in [-0.3, -0.25) is 0 Å². The molecule has 3 rings (SSSR count). The fourth-order valence-corrected chi connectivity index (χ4v) is 4.69. The van der Waals surface area contributed by atoms with Gasteiger partial charge < -0.3 is 0 Å². The molecule has 20 heavy (non-hydrogen) atoms. The van der Waals surface area contributed by atoms with Gasteiger partial charge in [0.2, 0.25) is 0 Å². The highest BCUT2D eigenvalue weighted by Crippen LogP contribution is 2.44. The standard InChI is InChI=1S/C19H17P/c1-2-6-12-17(11-5-1)20(18-13-7-3-8-14-18)19-15-9-4-10-16-19/h1-5,7-16H,6H2. The molecule has 0 heterocycles. The van der Waals surface area contributed by atoms with Gasteiger partial charge in [0, 0.05) is 0 Å². The predicted octanol–water partition coefficient (Wildman–Crippen LogP) is 4.52. The van der Waals surface area contributed by atoms with E-state index >= 15 is 0 Å². The van der Waals surface area contributed by atoms with Crippen LogP contribution in [0.4, 0.5) is 0 Å². The summed E-state index contributed by atoms with van der Waals surface area (Å²) in [5.41, 5.74) is 0. The number of hydrogen-bond acceptors (Lipinski definition) is 0. The first kappa shape index (κ1) is 13.1. The van der Waals surface area contributed by atoms with Gasteiger partial charge in [-0.2, -0.15) is 0 Å². The Bertz CT molecular complexity index is 596. The van der Waals surface area contributed by atoms with Crippen molar-refractivity contribution in [3.8, 4) is 0 Å². The maximum absolute atomic E-state index is 2.35. The van der Waals surface area contributed by atoms with Gasteiger partial charge in [0.15, 0.2) is 0 Å². The van der Waals surface area contributed by atoms with E-state index in [-0.39, 0.29) is 0 Å². The smallest absolute Gasteiger partial charge is 0.0137 e. The minimum atomic E-state index is -0.452. The Labute approximate surface area is 121 Å². The lowest BCUT2D eigenvalue weighted by molar-refractivity contribution is 1.40. The van der Waals surface area contributed by atoms with E-state index in [4.69, 9.17) is 0 Å². The van der Waals surface area contributed by atoms with Gasteiger partial charge in [0.1, 0.15) is 0 Å². The Kier molecular flexibility index (Phi) is 4.25. The van der Waals surface area contributed by atoms with Crippen molar-refractivity contribution in [2.75, 3.05) is 0 Å².